The number of nitrogens with one attached hydrogen (secondary N) is 1. The predicted molar refractivity (Wildman–Crippen MR) is 69.2 cm³/mol. The SMILES string of the molecule is CC1(C(=O)O)CCCCC1NC(=O)c1ccoc1Cl. The molecule has 0 spiro atoms. The molecule has 1 aromatic rings. The van der Waals surface area contributed by atoms with E-state index in [9.17, 15) is 14.7 Å². The largest absolute Gasteiger partial charge is 0.481 e. The summed E-state index contributed by atoms with van der Waals surface area (Å²) in [6, 6.07) is 1.08. The predicted octanol–water partition coefficient (Wildman–Crippen LogP) is 2.70. The van der Waals surface area contributed by atoms with Crippen molar-refractivity contribution in [3.63, 3.8) is 0 Å². The number of carbonyl (C=O) groups excluding carboxylic acids is 1. The van der Waals surface area contributed by atoms with E-state index in [2.05, 4.69) is 5.32 Å². The van der Waals surface area contributed by atoms with Crippen molar-refractivity contribution in [1.82, 2.24) is 5.32 Å². The van der Waals surface area contributed by atoms with E-state index in [-0.39, 0.29) is 10.8 Å². The van der Waals surface area contributed by atoms with Gasteiger partial charge in [-0.05, 0) is 37.4 Å². The minimum Gasteiger partial charge on any atom is -0.481 e. The van der Waals surface area contributed by atoms with Crippen LogP contribution in [0.5, 0.6) is 0 Å². The highest BCUT2D eigenvalue weighted by Crippen LogP contribution is 2.36. The number of carbonyl (C=O) groups is 2. The monoisotopic (exact) mass is 285 g/mol. The molecule has 2 rings (SSSR count). The lowest BCUT2D eigenvalue weighted by molar-refractivity contribution is -0.151. The van der Waals surface area contributed by atoms with Gasteiger partial charge in [0.25, 0.3) is 5.91 Å². The Balaban J connectivity index is 2.15. The van der Waals surface area contributed by atoms with Crippen molar-refractivity contribution in [3.8, 4) is 0 Å². The molecule has 2 atom stereocenters. The number of rotatable bonds is 3. The van der Waals surface area contributed by atoms with Crippen LogP contribution in [-0.2, 0) is 4.79 Å². The van der Waals surface area contributed by atoms with Crippen LogP contribution >= 0.6 is 11.6 Å². The fourth-order valence-electron chi connectivity index (χ4n) is 2.51. The van der Waals surface area contributed by atoms with Crippen molar-refractivity contribution in [3.05, 3.63) is 23.1 Å². The van der Waals surface area contributed by atoms with E-state index < -0.39 is 23.3 Å². The summed E-state index contributed by atoms with van der Waals surface area (Å²) in [5.41, 5.74) is -0.690. The Hall–Kier alpha value is -1.49. The van der Waals surface area contributed by atoms with Crippen LogP contribution in [0, 0.1) is 5.41 Å². The summed E-state index contributed by atoms with van der Waals surface area (Å²) in [5.74, 6) is -1.27. The molecular formula is C13H16ClNO4. The van der Waals surface area contributed by atoms with Gasteiger partial charge >= 0.3 is 5.97 Å². The number of hydrogen-bond acceptors (Lipinski definition) is 3. The van der Waals surface area contributed by atoms with Crippen molar-refractivity contribution in [2.75, 3.05) is 0 Å². The molecule has 5 nitrogen and oxygen atoms in total. The van der Waals surface area contributed by atoms with Crippen LogP contribution in [-0.4, -0.2) is 23.0 Å². The van der Waals surface area contributed by atoms with Gasteiger partial charge in [-0.25, -0.2) is 0 Å². The lowest BCUT2D eigenvalue weighted by atomic mass is 9.71. The number of furan rings is 1. The van der Waals surface area contributed by atoms with E-state index in [1.807, 2.05) is 0 Å². The summed E-state index contributed by atoms with van der Waals surface area (Å²) < 4.78 is 4.86. The zero-order valence-corrected chi connectivity index (χ0v) is 11.4. The van der Waals surface area contributed by atoms with Crippen LogP contribution in [0.25, 0.3) is 0 Å². The zero-order valence-electron chi connectivity index (χ0n) is 10.6. The standard InChI is InChI=1S/C13H16ClNO4/c1-13(12(17)18)6-3-2-4-9(13)15-11(16)8-5-7-19-10(8)14/h5,7,9H,2-4,6H2,1H3,(H,15,16)(H,17,18). The van der Waals surface area contributed by atoms with Crippen LogP contribution in [0.4, 0.5) is 0 Å². The maximum Gasteiger partial charge on any atom is 0.311 e. The highest BCUT2D eigenvalue weighted by molar-refractivity contribution is 6.32. The van der Waals surface area contributed by atoms with Gasteiger partial charge in [0.15, 0.2) is 0 Å². The van der Waals surface area contributed by atoms with Gasteiger partial charge in [0.2, 0.25) is 5.22 Å². The maximum absolute atomic E-state index is 12.1. The van der Waals surface area contributed by atoms with Crippen molar-refractivity contribution in [2.24, 2.45) is 5.41 Å². The highest BCUT2D eigenvalue weighted by atomic mass is 35.5. The van der Waals surface area contributed by atoms with Gasteiger partial charge in [-0.1, -0.05) is 12.8 Å². The van der Waals surface area contributed by atoms with Crippen molar-refractivity contribution in [1.29, 1.82) is 0 Å². The minimum absolute atomic E-state index is 0.0188. The highest BCUT2D eigenvalue weighted by Gasteiger charge is 2.44. The van der Waals surface area contributed by atoms with Gasteiger partial charge in [-0.3, -0.25) is 9.59 Å². The molecule has 0 saturated heterocycles. The van der Waals surface area contributed by atoms with Crippen LogP contribution in [0.1, 0.15) is 43.0 Å². The van der Waals surface area contributed by atoms with E-state index in [1.54, 1.807) is 6.92 Å². The molecule has 1 aliphatic carbocycles. The Morgan fingerprint density at radius 1 is 1.53 bits per heavy atom. The topological polar surface area (TPSA) is 79.5 Å². The number of carboxylic acids is 1. The molecule has 104 valence electrons. The summed E-state index contributed by atoms with van der Waals surface area (Å²) in [6.45, 7) is 1.68. The van der Waals surface area contributed by atoms with Gasteiger partial charge in [0, 0.05) is 6.04 Å². The van der Waals surface area contributed by atoms with Gasteiger partial charge in [-0.15, -0.1) is 0 Å². The van der Waals surface area contributed by atoms with Gasteiger partial charge < -0.3 is 14.8 Å². The van der Waals surface area contributed by atoms with E-state index in [0.29, 0.717) is 12.8 Å². The average molecular weight is 286 g/mol. The van der Waals surface area contributed by atoms with Crippen LogP contribution in [0.15, 0.2) is 16.7 Å². The van der Waals surface area contributed by atoms with E-state index in [0.717, 1.165) is 12.8 Å². The van der Waals surface area contributed by atoms with Crippen LogP contribution < -0.4 is 5.32 Å². The summed E-state index contributed by atoms with van der Waals surface area (Å²) in [5, 5.41) is 12.2. The third kappa shape index (κ3) is 2.61. The normalized spacial score (nSPS) is 26.9. The molecule has 1 aliphatic rings. The lowest BCUT2D eigenvalue weighted by Gasteiger charge is -2.38. The minimum atomic E-state index is -0.926. The molecule has 19 heavy (non-hydrogen) atoms. The number of aliphatic carboxylic acids is 1. The molecule has 1 aromatic heterocycles. The molecular weight excluding hydrogens is 270 g/mol. The van der Waals surface area contributed by atoms with Gasteiger partial charge in [0.1, 0.15) is 0 Å². The molecule has 0 radical (unpaired) electrons. The smallest absolute Gasteiger partial charge is 0.311 e. The molecule has 0 aromatic carbocycles. The van der Waals surface area contributed by atoms with Crippen LogP contribution in [0.2, 0.25) is 5.22 Å². The molecule has 2 unspecified atom stereocenters. The Morgan fingerprint density at radius 3 is 2.84 bits per heavy atom. The first-order valence-electron chi connectivity index (χ1n) is 6.22. The Kier molecular flexibility index (Phi) is 3.85. The lowest BCUT2D eigenvalue weighted by Crippen LogP contribution is -2.52. The number of halogens is 1. The third-order valence-electron chi connectivity index (χ3n) is 3.86. The van der Waals surface area contributed by atoms with Crippen molar-refractivity contribution in [2.45, 2.75) is 38.6 Å². The average Bonchev–Trinajstić information content (AvgIpc) is 2.78. The summed E-state index contributed by atoms with van der Waals surface area (Å²) in [4.78, 5) is 23.5. The van der Waals surface area contributed by atoms with Crippen LogP contribution in [0.3, 0.4) is 0 Å². The fourth-order valence-corrected chi connectivity index (χ4v) is 2.71. The molecule has 0 aliphatic heterocycles. The second-order valence-corrected chi connectivity index (χ2v) is 5.45. The summed E-state index contributed by atoms with van der Waals surface area (Å²) in [7, 11) is 0. The third-order valence-corrected chi connectivity index (χ3v) is 4.16. The Labute approximate surface area is 115 Å². The quantitative estimate of drug-likeness (QED) is 0.895. The number of hydrogen-bond donors (Lipinski definition) is 2. The summed E-state index contributed by atoms with van der Waals surface area (Å²) >= 11 is 5.74. The second kappa shape index (κ2) is 5.25. The van der Waals surface area contributed by atoms with Gasteiger partial charge in [-0.2, -0.15) is 0 Å². The molecule has 1 amide bonds. The second-order valence-electron chi connectivity index (χ2n) is 5.10. The first kappa shape index (κ1) is 13.9. The zero-order chi connectivity index (χ0) is 14.0. The van der Waals surface area contributed by atoms with E-state index in [1.165, 1.54) is 12.3 Å². The van der Waals surface area contributed by atoms with E-state index >= 15 is 0 Å². The number of carboxylic acid groups (broad SMARTS) is 1. The van der Waals surface area contributed by atoms with Crippen molar-refractivity contribution >= 4 is 23.5 Å². The Bertz CT molecular complexity index is 499. The maximum atomic E-state index is 12.1. The van der Waals surface area contributed by atoms with E-state index in [4.69, 9.17) is 16.0 Å². The molecule has 2 N–H and O–H groups in total. The molecule has 6 heteroatoms. The summed E-state index contributed by atoms with van der Waals surface area (Å²) in [6.07, 6.45) is 4.32. The first-order valence-corrected chi connectivity index (χ1v) is 6.60. The molecule has 1 saturated carbocycles. The fraction of sp³-hybridized carbons (Fsp3) is 0.538. The molecule has 0 bridgehead atoms. The molecule has 1 heterocycles. The Morgan fingerprint density at radius 2 is 2.26 bits per heavy atom. The van der Waals surface area contributed by atoms with Gasteiger partial charge in [0.05, 0.1) is 17.2 Å². The van der Waals surface area contributed by atoms with Crippen molar-refractivity contribution < 1.29 is 19.1 Å². The molecule has 1 fully saturated rings. The first-order chi connectivity index (χ1) is 8.95. The number of amides is 1.